The predicted octanol–water partition coefficient (Wildman–Crippen LogP) is 6.18. The zero-order valence-electron chi connectivity index (χ0n) is 20.5. The van der Waals surface area contributed by atoms with E-state index in [4.69, 9.17) is 4.74 Å². The number of carbonyl (C=O) groups is 2. The summed E-state index contributed by atoms with van der Waals surface area (Å²) in [6.45, 7) is 14.5. The molecule has 1 rings (SSSR count). The van der Waals surface area contributed by atoms with Gasteiger partial charge < -0.3 is 9.64 Å². The van der Waals surface area contributed by atoms with E-state index in [1.54, 1.807) is 4.90 Å². The zero-order chi connectivity index (χ0) is 23.4. The van der Waals surface area contributed by atoms with Crippen molar-refractivity contribution in [3.05, 3.63) is 12.2 Å². The Morgan fingerprint density at radius 3 is 2.35 bits per heavy atom. The van der Waals surface area contributed by atoms with E-state index in [1.807, 2.05) is 20.8 Å². The normalized spacial score (nSPS) is 18.3. The summed E-state index contributed by atoms with van der Waals surface area (Å²) in [6, 6.07) is 1.89. The van der Waals surface area contributed by atoms with Crippen LogP contribution in [0.3, 0.4) is 0 Å². The van der Waals surface area contributed by atoms with Gasteiger partial charge in [-0.05, 0) is 39.5 Å². The lowest BCUT2D eigenvalue weighted by molar-refractivity contribution is -0.150. The van der Waals surface area contributed by atoms with Crippen LogP contribution in [0, 0.1) is 23.2 Å². The topological polar surface area (TPSA) is 70.4 Å². The van der Waals surface area contributed by atoms with E-state index < -0.39 is 11.6 Å². The molecule has 176 valence electrons. The Hall–Kier alpha value is -1.83. The standard InChI is InChI=1S/C26H44N2O3/c1-7-8-9-10-11-12-13-15-20(2)23(21(3)25(30)31-26(4,5)6)18-24(29)28-17-14-16-22(28)19-27/h20,22-23H,3,7-18H2,1-2,4-6H3/t20?,22-,23?/m0/s1. The molecule has 0 aromatic carbocycles. The Labute approximate surface area is 190 Å². The van der Waals surface area contributed by atoms with Crippen molar-refractivity contribution in [3.63, 3.8) is 0 Å². The fourth-order valence-electron chi connectivity index (χ4n) is 4.29. The van der Waals surface area contributed by atoms with Gasteiger partial charge in [-0.1, -0.05) is 71.8 Å². The summed E-state index contributed by atoms with van der Waals surface area (Å²) in [5.41, 5.74) is -0.219. The molecule has 0 bridgehead atoms. The fourth-order valence-corrected chi connectivity index (χ4v) is 4.29. The Kier molecular flexibility index (Phi) is 11.9. The minimum Gasteiger partial charge on any atom is -0.457 e. The summed E-state index contributed by atoms with van der Waals surface area (Å²) < 4.78 is 5.54. The molecule has 0 aromatic rings. The summed E-state index contributed by atoms with van der Waals surface area (Å²) in [5.74, 6) is -0.578. The molecule has 31 heavy (non-hydrogen) atoms. The molecule has 0 saturated carbocycles. The van der Waals surface area contributed by atoms with E-state index in [0.29, 0.717) is 12.1 Å². The van der Waals surface area contributed by atoms with E-state index in [0.717, 1.165) is 25.7 Å². The molecule has 1 aliphatic rings. The van der Waals surface area contributed by atoms with E-state index in [-0.39, 0.29) is 30.2 Å². The van der Waals surface area contributed by atoms with Crippen molar-refractivity contribution in [3.8, 4) is 6.07 Å². The first kappa shape index (κ1) is 27.2. The number of ether oxygens (including phenoxy) is 1. The maximum Gasteiger partial charge on any atom is 0.334 e. The molecule has 3 atom stereocenters. The number of unbranched alkanes of at least 4 members (excludes halogenated alkanes) is 6. The second-order valence-corrected chi connectivity index (χ2v) is 10.1. The van der Waals surface area contributed by atoms with Crippen molar-refractivity contribution in [2.45, 2.75) is 117 Å². The van der Waals surface area contributed by atoms with Crippen LogP contribution in [0.4, 0.5) is 0 Å². The molecule has 1 saturated heterocycles. The van der Waals surface area contributed by atoms with Crippen LogP contribution in [0.25, 0.3) is 0 Å². The molecule has 1 fully saturated rings. The average Bonchev–Trinajstić information content (AvgIpc) is 3.18. The van der Waals surface area contributed by atoms with Crippen LogP contribution < -0.4 is 0 Å². The Morgan fingerprint density at radius 1 is 1.16 bits per heavy atom. The largest absolute Gasteiger partial charge is 0.457 e. The molecule has 0 spiro atoms. The number of nitriles is 1. The number of esters is 1. The molecule has 1 amide bonds. The van der Waals surface area contributed by atoms with Gasteiger partial charge in [-0.2, -0.15) is 5.26 Å². The maximum absolute atomic E-state index is 13.0. The Morgan fingerprint density at radius 2 is 1.77 bits per heavy atom. The summed E-state index contributed by atoms with van der Waals surface area (Å²) in [7, 11) is 0. The maximum atomic E-state index is 13.0. The van der Waals surface area contributed by atoms with Gasteiger partial charge in [-0.15, -0.1) is 0 Å². The van der Waals surface area contributed by atoms with Gasteiger partial charge in [0, 0.05) is 24.5 Å². The molecule has 0 radical (unpaired) electrons. The van der Waals surface area contributed by atoms with Crippen molar-refractivity contribution >= 4 is 11.9 Å². The van der Waals surface area contributed by atoms with Crippen molar-refractivity contribution in [1.29, 1.82) is 5.26 Å². The van der Waals surface area contributed by atoms with Gasteiger partial charge in [-0.3, -0.25) is 4.79 Å². The monoisotopic (exact) mass is 432 g/mol. The van der Waals surface area contributed by atoms with Crippen molar-refractivity contribution in [2.75, 3.05) is 6.54 Å². The van der Waals surface area contributed by atoms with Crippen molar-refractivity contribution in [1.82, 2.24) is 4.90 Å². The molecule has 5 nitrogen and oxygen atoms in total. The molecule has 5 heteroatoms. The van der Waals surface area contributed by atoms with Crippen molar-refractivity contribution in [2.24, 2.45) is 11.8 Å². The summed E-state index contributed by atoms with van der Waals surface area (Å²) in [4.78, 5) is 27.4. The molecule has 0 aromatic heterocycles. The van der Waals surface area contributed by atoms with Gasteiger partial charge in [-0.25, -0.2) is 4.79 Å². The average molecular weight is 433 g/mol. The van der Waals surface area contributed by atoms with Gasteiger partial charge in [0.05, 0.1) is 6.07 Å². The molecule has 0 N–H and O–H groups in total. The highest BCUT2D eigenvalue weighted by Crippen LogP contribution is 2.31. The van der Waals surface area contributed by atoms with E-state index >= 15 is 0 Å². The molecule has 0 aliphatic carbocycles. The zero-order valence-corrected chi connectivity index (χ0v) is 20.5. The van der Waals surface area contributed by atoms with E-state index in [9.17, 15) is 14.9 Å². The molecular formula is C26H44N2O3. The highest BCUT2D eigenvalue weighted by molar-refractivity contribution is 5.90. The molecule has 2 unspecified atom stereocenters. The number of hydrogen-bond acceptors (Lipinski definition) is 4. The quantitative estimate of drug-likeness (QED) is 0.198. The van der Waals surface area contributed by atoms with Gasteiger partial charge in [0.25, 0.3) is 0 Å². The van der Waals surface area contributed by atoms with Crippen LogP contribution in [-0.2, 0) is 14.3 Å². The number of carbonyl (C=O) groups excluding carboxylic acids is 2. The van der Waals surface area contributed by atoms with Crippen LogP contribution in [0.5, 0.6) is 0 Å². The molecule has 1 aliphatic heterocycles. The van der Waals surface area contributed by atoms with Crippen molar-refractivity contribution < 1.29 is 14.3 Å². The van der Waals surface area contributed by atoms with E-state index in [2.05, 4.69) is 26.5 Å². The third-order valence-electron chi connectivity index (χ3n) is 6.18. The van der Waals surface area contributed by atoms with Gasteiger partial charge >= 0.3 is 5.97 Å². The lowest BCUT2D eigenvalue weighted by Crippen LogP contribution is -2.37. The van der Waals surface area contributed by atoms with Gasteiger partial charge in [0.2, 0.25) is 5.91 Å². The lowest BCUT2D eigenvalue weighted by atomic mass is 9.81. The lowest BCUT2D eigenvalue weighted by Gasteiger charge is -2.29. The van der Waals surface area contributed by atoms with Gasteiger partial charge in [0.1, 0.15) is 11.6 Å². The number of hydrogen-bond donors (Lipinski definition) is 0. The van der Waals surface area contributed by atoms with Crippen LogP contribution in [0.2, 0.25) is 0 Å². The van der Waals surface area contributed by atoms with Crippen LogP contribution in [-0.4, -0.2) is 35.0 Å². The SMILES string of the molecule is C=C(C(=O)OC(C)(C)C)C(CC(=O)N1CCC[C@H]1C#N)C(C)CCCCCCCCC. The smallest absolute Gasteiger partial charge is 0.334 e. The molecule has 1 heterocycles. The first-order valence-corrected chi connectivity index (χ1v) is 12.2. The van der Waals surface area contributed by atoms with Gasteiger partial charge in [0.15, 0.2) is 0 Å². The third-order valence-corrected chi connectivity index (χ3v) is 6.18. The Balaban J connectivity index is 2.75. The number of nitrogens with zero attached hydrogens (tertiary/aromatic N) is 2. The second-order valence-electron chi connectivity index (χ2n) is 10.1. The number of rotatable bonds is 13. The third kappa shape index (κ3) is 9.89. The summed E-state index contributed by atoms with van der Waals surface area (Å²) in [6.07, 6.45) is 11.4. The number of likely N-dealkylation sites (tertiary alicyclic amines) is 1. The fraction of sp³-hybridized carbons (Fsp3) is 0.808. The summed E-state index contributed by atoms with van der Waals surface area (Å²) in [5, 5.41) is 9.34. The van der Waals surface area contributed by atoms with Crippen LogP contribution >= 0.6 is 0 Å². The van der Waals surface area contributed by atoms with E-state index in [1.165, 1.54) is 38.5 Å². The highest BCUT2D eigenvalue weighted by atomic mass is 16.6. The van der Waals surface area contributed by atoms with Crippen LogP contribution in [0.15, 0.2) is 12.2 Å². The molecular weight excluding hydrogens is 388 g/mol. The number of amides is 1. The predicted molar refractivity (Wildman–Crippen MR) is 125 cm³/mol. The van der Waals surface area contributed by atoms with Crippen LogP contribution in [0.1, 0.15) is 105 Å². The first-order chi connectivity index (χ1) is 14.6. The Bertz CT molecular complexity index is 630. The minimum atomic E-state index is -0.600. The first-order valence-electron chi connectivity index (χ1n) is 12.2. The second kappa shape index (κ2) is 13.6. The minimum absolute atomic E-state index is 0.0508. The summed E-state index contributed by atoms with van der Waals surface area (Å²) >= 11 is 0. The highest BCUT2D eigenvalue weighted by Gasteiger charge is 2.34.